The van der Waals surface area contributed by atoms with E-state index in [9.17, 15) is 13.2 Å². The van der Waals surface area contributed by atoms with E-state index < -0.39 is 6.36 Å². The van der Waals surface area contributed by atoms with Crippen molar-refractivity contribution >= 4 is 22.5 Å². The summed E-state index contributed by atoms with van der Waals surface area (Å²) in [5, 5.41) is 1.36. The third kappa shape index (κ3) is 4.38. The fraction of sp³-hybridized carbons (Fsp3) is 0.167. The Balaban J connectivity index is 0.00000100. The smallest absolute Gasteiger partial charge is 0.406 e. The van der Waals surface area contributed by atoms with Crippen LogP contribution in [0.25, 0.3) is 22.2 Å². The number of hydrogen-bond donors (Lipinski definition) is 0. The molecule has 0 aliphatic rings. The number of halogens is 4. The van der Waals surface area contributed by atoms with Crippen LogP contribution in [0.2, 0.25) is 5.02 Å². The lowest BCUT2D eigenvalue weighted by atomic mass is 10.1. The second-order valence-electron chi connectivity index (χ2n) is 4.58. The minimum Gasteiger partial charge on any atom is -0.406 e. The van der Waals surface area contributed by atoms with E-state index >= 15 is 0 Å². The number of pyridine rings is 1. The van der Waals surface area contributed by atoms with Crippen molar-refractivity contribution in [3.8, 4) is 17.0 Å². The van der Waals surface area contributed by atoms with Gasteiger partial charge in [-0.05, 0) is 36.4 Å². The maximum Gasteiger partial charge on any atom is 0.573 e. The molecule has 2 nitrogen and oxygen atoms in total. The Morgan fingerprint density at radius 2 is 1.58 bits per heavy atom. The lowest BCUT2D eigenvalue weighted by Crippen LogP contribution is -2.16. The zero-order chi connectivity index (χ0) is 17.7. The van der Waals surface area contributed by atoms with E-state index in [1.165, 1.54) is 24.3 Å². The van der Waals surface area contributed by atoms with Crippen molar-refractivity contribution in [2.24, 2.45) is 0 Å². The number of para-hydroxylation sites is 1. The number of aromatic nitrogens is 1. The molecule has 3 rings (SSSR count). The topological polar surface area (TPSA) is 22.1 Å². The van der Waals surface area contributed by atoms with Gasteiger partial charge in [0.2, 0.25) is 0 Å². The summed E-state index contributed by atoms with van der Waals surface area (Å²) >= 11 is 6.22. The van der Waals surface area contributed by atoms with Crippen LogP contribution >= 0.6 is 11.6 Å². The zero-order valence-corrected chi connectivity index (χ0v) is 13.8. The summed E-state index contributed by atoms with van der Waals surface area (Å²) < 4.78 is 40.3. The number of nitrogens with zero attached hydrogens (tertiary/aromatic N) is 1. The first kappa shape index (κ1) is 18.1. The van der Waals surface area contributed by atoms with Gasteiger partial charge in [0.15, 0.2) is 0 Å². The summed E-state index contributed by atoms with van der Waals surface area (Å²) in [6.07, 6.45) is -4.70. The number of rotatable bonds is 2. The van der Waals surface area contributed by atoms with E-state index in [0.717, 1.165) is 10.9 Å². The van der Waals surface area contributed by atoms with Crippen LogP contribution in [-0.2, 0) is 0 Å². The number of hydrogen-bond acceptors (Lipinski definition) is 2. The normalized spacial score (nSPS) is 10.9. The lowest BCUT2D eigenvalue weighted by molar-refractivity contribution is -0.274. The molecule has 0 N–H and O–H groups in total. The Morgan fingerprint density at radius 1 is 0.958 bits per heavy atom. The molecule has 0 spiro atoms. The van der Waals surface area contributed by atoms with Gasteiger partial charge in [-0.3, -0.25) is 0 Å². The molecule has 126 valence electrons. The molecular formula is C18H15ClF3NO. The summed E-state index contributed by atoms with van der Waals surface area (Å²) in [6, 6.07) is 14.6. The second-order valence-corrected chi connectivity index (χ2v) is 4.99. The molecule has 0 radical (unpaired) electrons. The summed E-state index contributed by atoms with van der Waals surface area (Å²) in [5.41, 5.74) is 1.96. The molecule has 2 aromatic carbocycles. The van der Waals surface area contributed by atoms with Gasteiger partial charge in [-0.2, -0.15) is 0 Å². The average molecular weight is 354 g/mol. The number of fused-ring (bicyclic) bond motifs is 1. The van der Waals surface area contributed by atoms with Crippen molar-refractivity contribution in [2.75, 3.05) is 0 Å². The Bertz CT molecular complexity index is 817. The fourth-order valence-corrected chi connectivity index (χ4v) is 2.37. The quantitative estimate of drug-likeness (QED) is 0.526. The van der Waals surface area contributed by atoms with Gasteiger partial charge in [-0.25, -0.2) is 4.98 Å². The molecule has 0 amide bonds. The maximum atomic E-state index is 12.1. The van der Waals surface area contributed by atoms with Gasteiger partial charge in [0, 0.05) is 10.9 Å². The Labute approximate surface area is 142 Å². The molecule has 3 aromatic rings. The van der Waals surface area contributed by atoms with Crippen molar-refractivity contribution in [1.82, 2.24) is 4.98 Å². The van der Waals surface area contributed by atoms with E-state index in [0.29, 0.717) is 16.3 Å². The summed E-state index contributed by atoms with van der Waals surface area (Å²) in [7, 11) is 0. The minimum atomic E-state index is -4.70. The van der Waals surface area contributed by atoms with E-state index in [2.05, 4.69) is 9.72 Å². The predicted octanol–water partition coefficient (Wildman–Crippen LogP) is 6.48. The van der Waals surface area contributed by atoms with Gasteiger partial charge >= 0.3 is 6.36 Å². The Kier molecular flexibility index (Phi) is 5.67. The van der Waals surface area contributed by atoms with Gasteiger partial charge in [-0.1, -0.05) is 43.6 Å². The highest BCUT2D eigenvalue weighted by Gasteiger charge is 2.30. The molecule has 24 heavy (non-hydrogen) atoms. The van der Waals surface area contributed by atoms with Gasteiger partial charge in [0.25, 0.3) is 0 Å². The standard InChI is InChI=1S/C16H9ClF3NO.C2H6/c17-13-9-15(21-14-4-2-1-3-12(13)14)10-5-7-11(8-6-10)22-16(18,19)20;1-2/h1-9H;1-2H3. The highest BCUT2D eigenvalue weighted by atomic mass is 35.5. The molecule has 6 heteroatoms. The van der Waals surface area contributed by atoms with Crippen LogP contribution in [0.15, 0.2) is 54.6 Å². The molecule has 0 atom stereocenters. The molecule has 0 unspecified atom stereocenters. The van der Waals surface area contributed by atoms with E-state index in [1.54, 1.807) is 6.07 Å². The van der Waals surface area contributed by atoms with Crippen LogP contribution in [-0.4, -0.2) is 11.3 Å². The Hall–Kier alpha value is -2.27. The largest absolute Gasteiger partial charge is 0.573 e. The predicted molar refractivity (Wildman–Crippen MR) is 90.2 cm³/mol. The third-order valence-electron chi connectivity index (χ3n) is 3.05. The first-order chi connectivity index (χ1) is 11.4. The highest BCUT2D eigenvalue weighted by molar-refractivity contribution is 6.35. The molecular weight excluding hydrogens is 339 g/mol. The van der Waals surface area contributed by atoms with Crippen molar-refractivity contribution < 1.29 is 17.9 Å². The van der Waals surface area contributed by atoms with Crippen LogP contribution in [0.4, 0.5) is 13.2 Å². The molecule has 1 aromatic heterocycles. The third-order valence-corrected chi connectivity index (χ3v) is 3.36. The van der Waals surface area contributed by atoms with Crippen LogP contribution < -0.4 is 4.74 Å². The summed E-state index contributed by atoms with van der Waals surface area (Å²) in [6.45, 7) is 4.00. The van der Waals surface area contributed by atoms with Gasteiger partial charge in [0.1, 0.15) is 5.75 Å². The van der Waals surface area contributed by atoms with Crippen molar-refractivity contribution in [2.45, 2.75) is 20.2 Å². The zero-order valence-electron chi connectivity index (χ0n) is 13.1. The van der Waals surface area contributed by atoms with E-state index in [1.807, 2.05) is 38.1 Å². The van der Waals surface area contributed by atoms with Crippen molar-refractivity contribution in [3.63, 3.8) is 0 Å². The van der Waals surface area contributed by atoms with Crippen molar-refractivity contribution in [3.05, 3.63) is 59.6 Å². The summed E-state index contributed by atoms with van der Waals surface area (Å²) in [4.78, 5) is 4.46. The lowest BCUT2D eigenvalue weighted by Gasteiger charge is -2.09. The first-order valence-electron chi connectivity index (χ1n) is 7.34. The Morgan fingerprint density at radius 3 is 2.21 bits per heavy atom. The fourth-order valence-electron chi connectivity index (χ4n) is 2.11. The second kappa shape index (κ2) is 7.53. The van der Waals surface area contributed by atoms with Gasteiger partial charge < -0.3 is 4.74 Å². The van der Waals surface area contributed by atoms with Crippen LogP contribution in [0.1, 0.15) is 13.8 Å². The maximum absolute atomic E-state index is 12.1. The monoisotopic (exact) mass is 353 g/mol. The number of benzene rings is 2. The minimum absolute atomic E-state index is 0.275. The van der Waals surface area contributed by atoms with Crippen LogP contribution in [0.3, 0.4) is 0 Å². The van der Waals surface area contributed by atoms with Crippen molar-refractivity contribution in [1.29, 1.82) is 0 Å². The van der Waals surface area contributed by atoms with Gasteiger partial charge in [-0.15, -0.1) is 13.2 Å². The molecule has 0 saturated heterocycles. The molecule has 0 saturated carbocycles. The molecule has 0 fully saturated rings. The van der Waals surface area contributed by atoms with E-state index in [-0.39, 0.29) is 5.75 Å². The summed E-state index contributed by atoms with van der Waals surface area (Å²) in [5.74, 6) is -0.275. The molecule has 0 aliphatic heterocycles. The number of alkyl halides is 3. The number of ether oxygens (including phenoxy) is 1. The SMILES string of the molecule is CC.FC(F)(F)Oc1ccc(-c2cc(Cl)c3ccccc3n2)cc1. The van der Waals surface area contributed by atoms with Crippen LogP contribution in [0.5, 0.6) is 5.75 Å². The van der Waals surface area contributed by atoms with Crippen LogP contribution in [0, 0.1) is 0 Å². The highest BCUT2D eigenvalue weighted by Crippen LogP contribution is 2.30. The van der Waals surface area contributed by atoms with E-state index in [4.69, 9.17) is 11.6 Å². The molecule has 0 aliphatic carbocycles. The molecule has 1 heterocycles. The average Bonchev–Trinajstić information content (AvgIpc) is 2.56. The first-order valence-corrected chi connectivity index (χ1v) is 7.72. The molecule has 0 bridgehead atoms. The van der Waals surface area contributed by atoms with Gasteiger partial charge in [0.05, 0.1) is 16.2 Å².